The van der Waals surface area contributed by atoms with Gasteiger partial charge in [-0.15, -0.1) is 10.2 Å². The Labute approximate surface area is 145 Å². The summed E-state index contributed by atoms with van der Waals surface area (Å²) in [4.78, 5) is 12.5. The first-order valence-corrected chi connectivity index (χ1v) is 8.54. The molecule has 3 aromatic rings. The maximum atomic E-state index is 12.5. The highest BCUT2D eigenvalue weighted by molar-refractivity contribution is 6.02. The maximum absolute atomic E-state index is 12.5. The van der Waals surface area contributed by atoms with E-state index in [1.165, 1.54) is 12.8 Å². The van der Waals surface area contributed by atoms with Crippen molar-refractivity contribution in [3.8, 4) is 5.69 Å². The second kappa shape index (κ2) is 6.51. The van der Waals surface area contributed by atoms with Crippen LogP contribution in [0.1, 0.15) is 48.0 Å². The van der Waals surface area contributed by atoms with Gasteiger partial charge in [-0.2, -0.15) is 5.10 Å². The molecule has 2 aromatic heterocycles. The molecule has 1 saturated carbocycles. The average molecular weight is 336 g/mol. The number of hydrogen-bond donors (Lipinski definition) is 1. The molecule has 0 spiro atoms. The predicted octanol–water partition coefficient (Wildman–Crippen LogP) is 3.14. The van der Waals surface area contributed by atoms with Gasteiger partial charge in [-0.1, -0.05) is 18.9 Å². The lowest BCUT2D eigenvalue weighted by atomic mass is 10.2. The summed E-state index contributed by atoms with van der Waals surface area (Å²) >= 11 is 0. The second-order valence-corrected chi connectivity index (χ2v) is 6.37. The van der Waals surface area contributed by atoms with Crippen molar-refractivity contribution in [3.63, 3.8) is 0 Å². The number of carbonyl (C=O) groups is 1. The minimum Gasteiger partial charge on any atom is -0.321 e. The quantitative estimate of drug-likeness (QED) is 0.794. The molecule has 1 fully saturated rings. The molecule has 1 amide bonds. The van der Waals surface area contributed by atoms with Crippen molar-refractivity contribution in [2.45, 2.75) is 38.6 Å². The van der Waals surface area contributed by atoms with Crippen LogP contribution in [-0.2, 0) is 0 Å². The Morgan fingerprint density at radius 2 is 2.08 bits per heavy atom. The van der Waals surface area contributed by atoms with Crippen LogP contribution >= 0.6 is 0 Å². The largest absolute Gasteiger partial charge is 0.321 e. The Morgan fingerprint density at radius 1 is 1.24 bits per heavy atom. The van der Waals surface area contributed by atoms with E-state index in [0.717, 1.165) is 24.4 Å². The summed E-state index contributed by atoms with van der Waals surface area (Å²) < 4.78 is 3.79. The monoisotopic (exact) mass is 336 g/mol. The van der Waals surface area contributed by atoms with Crippen LogP contribution in [0.5, 0.6) is 0 Å². The summed E-state index contributed by atoms with van der Waals surface area (Å²) in [6, 6.07) is 9.79. The van der Waals surface area contributed by atoms with Gasteiger partial charge in [0.15, 0.2) is 5.69 Å². The summed E-state index contributed by atoms with van der Waals surface area (Å²) in [5.41, 5.74) is 2.06. The fourth-order valence-electron chi connectivity index (χ4n) is 3.31. The molecule has 7 nitrogen and oxygen atoms in total. The number of hydrogen-bond acceptors (Lipinski definition) is 4. The molecule has 1 aliphatic rings. The lowest BCUT2D eigenvalue weighted by molar-refractivity contribution is 0.102. The Balaban J connectivity index is 1.50. The van der Waals surface area contributed by atoms with E-state index in [2.05, 4.69) is 20.6 Å². The minimum atomic E-state index is -0.200. The zero-order chi connectivity index (χ0) is 17.2. The molecular weight excluding hydrogens is 316 g/mol. The van der Waals surface area contributed by atoms with E-state index >= 15 is 0 Å². The molecule has 25 heavy (non-hydrogen) atoms. The average Bonchev–Trinajstić information content (AvgIpc) is 3.36. The van der Waals surface area contributed by atoms with E-state index in [1.807, 2.05) is 46.6 Å². The first kappa shape index (κ1) is 15.6. The standard InChI is InChI=1S/C18H20N6O/c1-13-21-19-12-23(13)16-8-4-5-14(11-16)20-18(25)17-9-10-24(22-17)15-6-2-3-7-15/h4-5,8-12,15H,2-3,6-7H2,1H3,(H,20,25). The van der Waals surface area contributed by atoms with E-state index in [9.17, 15) is 4.79 Å². The Kier molecular flexibility index (Phi) is 4.05. The third kappa shape index (κ3) is 3.17. The molecule has 4 rings (SSSR count). The van der Waals surface area contributed by atoms with Crippen LogP contribution in [0.15, 0.2) is 42.9 Å². The number of aromatic nitrogens is 5. The van der Waals surface area contributed by atoms with Crippen LogP contribution in [0.25, 0.3) is 5.69 Å². The first-order chi connectivity index (χ1) is 12.2. The number of nitrogens with one attached hydrogen (secondary N) is 1. The van der Waals surface area contributed by atoms with Crippen LogP contribution in [-0.4, -0.2) is 30.5 Å². The van der Waals surface area contributed by atoms with Gasteiger partial charge >= 0.3 is 0 Å². The van der Waals surface area contributed by atoms with Crippen LogP contribution < -0.4 is 5.32 Å². The van der Waals surface area contributed by atoms with Gasteiger partial charge in [0, 0.05) is 11.9 Å². The summed E-state index contributed by atoms with van der Waals surface area (Å²) in [6.07, 6.45) is 8.32. The van der Waals surface area contributed by atoms with Crippen LogP contribution in [0, 0.1) is 6.92 Å². The first-order valence-electron chi connectivity index (χ1n) is 8.54. The van der Waals surface area contributed by atoms with Crippen molar-refractivity contribution in [1.82, 2.24) is 24.5 Å². The Morgan fingerprint density at radius 3 is 2.84 bits per heavy atom. The number of carbonyl (C=O) groups excluding carboxylic acids is 1. The molecule has 128 valence electrons. The molecule has 7 heteroatoms. The Bertz CT molecular complexity index is 890. The smallest absolute Gasteiger partial charge is 0.276 e. The number of amides is 1. The van der Waals surface area contributed by atoms with Gasteiger partial charge in [-0.05, 0) is 44.0 Å². The molecular formula is C18H20N6O. The topological polar surface area (TPSA) is 77.6 Å². The normalized spacial score (nSPS) is 14.8. The van der Waals surface area contributed by atoms with Gasteiger partial charge in [-0.3, -0.25) is 14.0 Å². The molecule has 0 aliphatic heterocycles. The van der Waals surface area contributed by atoms with Crippen LogP contribution in [0.2, 0.25) is 0 Å². The summed E-state index contributed by atoms with van der Waals surface area (Å²) in [5, 5.41) is 15.2. The van der Waals surface area contributed by atoms with Gasteiger partial charge in [0.05, 0.1) is 11.7 Å². The van der Waals surface area contributed by atoms with Gasteiger partial charge in [-0.25, -0.2) is 0 Å². The SMILES string of the molecule is Cc1nncn1-c1cccc(NC(=O)c2ccn(C3CCCC3)n2)c1. The molecule has 0 bridgehead atoms. The van der Waals surface area contributed by atoms with Gasteiger partial charge < -0.3 is 5.32 Å². The van der Waals surface area contributed by atoms with Crippen molar-refractivity contribution in [3.05, 3.63) is 54.4 Å². The Hall–Kier alpha value is -2.96. The highest BCUT2D eigenvalue weighted by Crippen LogP contribution is 2.28. The zero-order valence-electron chi connectivity index (χ0n) is 14.1. The third-order valence-corrected chi connectivity index (χ3v) is 4.64. The minimum absolute atomic E-state index is 0.200. The number of aryl methyl sites for hydroxylation is 1. The molecule has 1 aliphatic carbocycles. The molecule has 0 unspecified atom stereocenters. The fourth-order valence-corrected chi connectivity index (χ4v) is 3.31. The molecule has 2 heterocycles. The van der Waals surface area contributed by atoms with Crippen molar-refractivity contribution in [1.29, 1.82) is 0 Å². The fraction of sp³-hybridized carbons (Fsp3) is 0.333. The van der Waals surface area contributed by atoms with E-state index in [4.69, 9.17) is 0 Å². The van der Waals surface area contributed by atoms with Crippen molar-refractivity contribution in [2.24, 2.45) is 0 Å². The summed E-state index contributed by atoms with van der Waals surface area (Å²) in [7, 11) is 0. The zero-order valence-corrected chi connectivity index (χ0v) is 14.1. The number of rotatable bonds is 4. The third-order valence-electron chi connectivity index (χ3n) is 4.64. The van der Waals surface area contributed by atoms with E-state index in [-0.39, 0.29) is 5.91 Å². The molecule has 0 atom stereocenters. The molecule has 1 aromatic carbocycles. The highest BCUT2D eigenvalue weighted by Gasteiger charge is 2.19. The number of anilines is 1. The summed E-state index contributed by atoms with van der Waals surface area (Å²) in [6.45, 7) is 1.88. The molecule has 0 saturated heterocycles. The van der Waals surface area contributed by atoms with E-state index in [0.29, 0.717) is 17.4 Å². The molecule has 1 N–H and O–H groups in total. The number of nitrogens with zero attached hydrogens (tertiary/aromatic N) is 5. The lowest BCUT2D eigenvalue weighted by Crippen LogP contribution is -2.14. The maximum Gasteiger partial charge on any atom is 0.276 e. The number of benzene rings is 1. The second-order valence-electron chi connectivity index (χ2n) is 6.37. The highest BCUT2D eigenvalue weighted by atomic mass is 16.1. The molecule has 0 radical (unpaired) electrons. The van der Waals surface area contributed by atoms with Gasteiger partial charge in [0.1, 0.15) is 12.2 Å². The van der Waals surface area contributed by atoms with Crippen molar-refractivity contribution in [2.75, 3.05) is 5.32 Å². The van der Waals surface area contributed by atoms with Crippen molar-refractivity contribution < 1.29 is 4.79 Å². The summed E-state index contributed by atoms with van der Waals surface area (Å²) in [5.74, 6) is 0.591. The van der Waals surface area contributed by atoms with Gasteiger partial charge in [0.25, 0.3) is 5.91 Å². The van der Waals surface area contributed by atoms with Gasteiger partial charge in [0.2, 0.25) is 0 Å². The van der Waals surface area contributed by atoms with Crippen LogP contribution in [0.3, 0.4) is 0 Å². The van der Waals surface area contributed by atoms with E-state index in [1.54, 1.807) is 12.4 Å². The van der Waals surface area contributed by atoms with E-state index < -0.39 is 0 Å². The van der Waals surface area contributed by atoms with Crippen LogP contribution in [0.4, 0.5) is 5.69 Å². The lowest BCUT2D eigenvalue weighted by Gasteiger charge is -2.09. The van der Waals surface area contributed by atoms with Crippen molar-refractivity contribution >= 4 is 11.6 Å². The predicted molar refractivity (Wildman–Crippen MR) is 93.8 cm³/mol.